The largest absolute Gasteiger partial charge is 0.299 e. The monoisotopic (exact) mass is 220 g/mol. The van der Waals surface area contributed by atoms with E-state index in [9.17, 15) is 9.59 Å². The van der Waals surface area contributed by atoms with Gasteiger partial charge in [0, 0.05) is 5.92 Å². The molecule has 2 heteroatoms. The first-order chi connectivity index (χ1) is 7.39. The van der Waals surface area contributed by atoms with Crippen LogP contribution in [0.15, 0.2) is 11.6 Å². The first-order valence-corrected chi connectivity index (χ1v) is 6.17. The molecule has 16 heavy (non-hydrogen) atoms. The number of ketones is 2. The van der Waals surface area contributed by atoms with Crippen LogP contribution in [-0.2, 0) is 9.59 Å². The van der Waals surface area contributed by atoms with Crippen LogP contribution in [0, 0.1) is 17.3 Å². The van der Waals surface area contributed by atoms with Gasteiger partial charge in [-0.15, -0.1) is 0 Å². The van der Waals surface area contributed by atoms with E-state index in [1.165, 1.54) is 5.57 Å². The van der Waals surface area contributed by atoms with Gasteiger partial charge in [-0.2, -0.15) is 0 Å². The zero-order valence-electron chi connectivity index (χ0n) is 10.4. The average Bonchev–Trinajstić information content (AvgIpc) is 2.56. The Hall–Kier alpha value is -0.920. The quantitative estimate of drug-likeness (QED) is 0.588. The molecule has 0 aromatic heterocycles. The molecule has 1 fully saturated rings. The van der Waals surface area contributed by atoms with Crippen molar-refractivity contribution in [3.05, 3.63) is 11.6 Å². The summed E-state index contributed by atoms with van der Waals surface area (Å²) in [5.74, 6) is 0.628. The van der Waals surface area contributed by atoms with Crippen LogP contribution in [0.4, 0.5) is 0 Å². The first-order valence-electron chi connectivity index (χ1n) is 6.17. The predicted molar refractivity (Wildman–Crippen MR) is 63.0 cm³/mol. The van der Waals surface area contributed by atoms with Gasteiger partial charge in [0.05, 0.1) is 6.42 Å². The van der Waals surface area contributed by atoms with E-state index >= 15 is 0 Å². The molecule has 2 atom stereocenters. The molecule has 0 unspecified atom stereocenters. The average molecular weight is 220 g/mol. The molecule has 0 aliphatic heterocycles. The lowest BCUT2D eigenvalue weighted by Gasteiger charge is -2.29. The van der Waals surface area contributed by atoms with Crippen molar-refractivity contribution in [3.63, 3.8) is 0 Å². The summed E-state index contributed by atoms with van der Waals surface area (Å²) in [6.45, 7) is 6.41. The molecule has 0 aromatic carbocycles. The van der Waals surface area contributed by atoms with Gasteiger partial charge in [-0.05, 0) is 30.3 Å². The highest BCUT2D eigenvalue weighted by molar-refractivity contribution is 6.07. The van der Waals surface area contributed by atoms with Crippen molar-refractivity contribution in [1.29, 1.82) is 0 Å². The van der Waals surface area contributed by atoms with Gasteiger partial charge in [-0.1, -0.05) is 32.8 Å². The number of carbonyl (C=O) groups excluding carboxylic acids is 2. The summed E-state index contributed by atoms with van der Waals surface area (Å²) in [5.41, 5.74) is 1.21. The number of hydrogen-bond acceptors (Lipinski definition) is 2. The second-order valence-corrected chi connectivity index (χ2v) is 6.10. The smallest absolute Gasteiger partial charge is 0.163 e. The second kappa shape index (κ2) is 3.83. The van der Waals surface area contributed by atoms with Crippen LogP contribution in [0.25, 0.3) is 0 Å². The van der Waals surface area contributed by atoms with Crippen molar-refractivity contribution in [1.82, 2.24) is 0 Å². The highest BCUT2D eigenvalue weighted by Gasteiger charge is 2.40. The summed E-state index contributed by atoms with van der Waals surface area (Å²) in [5, 5.41) is 0. The lowest BCUT2D eigenvalue weighted by atomic mass is 9.74. The normalized spacial score (nSPS) is 31.1. The van der Waals surface area contributed by atoms with Crippen molar-refractivity contribution >= 4 is 11.6 Å². The summed E-state index contributed by atoms with van der Waals surface area (Å²) in [6, 6.07) is 0. The van der Waals surface area contributed by atoms with Crippen LogP contribution in [0.2, 0.25) is 0 Å². The fourth-order valence-corrected chi connectivity index (χ4v) is 3.12. The van der Waals surface area contributed by atoms with Crippen LogP contribution in [0.3, 0.4) is 0 Å². The fraction of sp³-hybridized carbons (Fsp3) is 0.714. The van der Waals surface area contributed by atoms with Gasteiger partial charge < -0.3 is 0 Å². The van der Waals surface area contributed by atoms with Gasteiger partial charge >= 0.3 is 0 Å². The minimum atomic E-state index is 0.00400. The molecule has 2 aliphatic rings. The number of fused-ring (bicyclic) bond motifs is 1. The van der Waals surface area contributed by atoms with Crippen LogP contribution < -0.4 is 0 Å². The molecule has 0 amide bonds. The Morgan fingerprint density at radius 3 is 2.38 bits per heavy atom. The molecular formula is C14H20O2. The Kier molecular flexibility index (Phi) is 2.77. The highest BCUT2D eigenvalue weighted by Crippen LogP contribution is 2.45. The lowest BCUT2D eigenvalue weighted by molar-refractivity contribution is -0.127. The topological polar surface area (TPSA) is 34.1 Å². The Bertz CT molecular complexity index is 357. The second-order valence-electron chi connectivity index (χ2n) is 6.10. The summed E-state index contributed by atoms with van der Waals surface area (Å²) in [4.78, 5) is 23.6. The maximum atomic E-state index is 11.9. The number of rotatable bonds is 0. The van der Waals surface area contributed by atoms with E-state index in [1.54, 1.807) is 6.08 Å². The van der Waals surface area contributed by atoms with Gasteiger partial charge in [-0.25, -0.2) is 0 Å². The van der Waals surface area contributed by atoms with E-state index in [4.69, 9.17) is 0 Å². The van der Waals surface area contributed by atoms with E-state index in [-0.39, 0.29) is 29.3 Å². The van der Waals surface area contributed by atoms with Gasteiger partial charge in [-0.3, -0.25) is 9.59 Å². The maximum absolute atomic E-state index is 11.9. The molecule has 0 bridgehead atoms. The fourth-order valence-electron chi connectivity index (χ4n) is 3.12. The predicted octanol–water partition coefficient (Wildman–Crippen LogP) is 2.92. The Morgan fingerprint density at radius 1 is 1.12 bits per heavy atom. The SMILES string of the molecule is CC(C)(C)C1=CC(=O)CC(=O)[C@@H]2CCC[C@H]12. The molecule has 0 N–H and O–H groups in total. The number of carbonyl (C=O) groups is 2. The van der Waals surface area contributed by atoms with E-state index in [2.05, 4.69) is 20.8 Å². The summed E-state index contributed by atoms with van der Waals surface area (Å²) in [7, 11) is 0. The zero-order chi connectivity index (χ0) is 11.9. The third-order valence-corrected chi connectivity index (χ3v) is 3.86. The van der Waals surface area contributed by atoms with Gasteiger partial charge in [0.15, 0.2) is 5.78 Å². The van der Waals surface area contributed by atoms with Crippen molar-refractivity contribution in [3.8, 4) is 0 Å². The molecule has 0 aromatic rings. The molecule has 0 heterocycles. The summed E-state index contributed by atoms with van der Waals surface area (Å²) >= 11 is 0. The van der Waals surface area contributed by atoms with Crippen LogP contribution >= 0.6 is 0 Å². The maximum Gasteiger partial charge on any atom is 0.163 e. The van der Waals surface area contributed by atoms with Crippen molar-refractivity contribution in [2.24, 2.45) is 17.3 Å². The molecule has 0 saturated heterocycles. The van der Waals surface area contributed by atoms with Crippen LogP contribution in [-0.4, -0.2) is 11.6 Å². The number of hydrogen-bond donors (Lipinski definition) is 0. The Balaban J connectivity index is 2.41. The zero-order valence-corrected chi connectivity index (χ0v) is 10.4. The third kappa shape index (κ3) is 1.98. The Morgan fingerprint density at radius 2 is 1.75 bits per heavy atom. The molecule has 1 saturated carbocycles. The van der Waals surface area contributed by atoms with Crippen molar-refractivity contribution in [2.75, 3.05) is 0 Å². The molecule has 88 valence electrons. The first kappa shape index (κ1) is 11.6. The van der Waals surface area contributed by atoms with Crippen LogP contribution in [0.5, 0.6) is 0 Å². The van der Waals surface area contributed by atoms with E-state index in [0.29, 0.717) is 5.92 Å². The number of Topliss-reactive ketones (excluding diaryl/α,β-unsaturated/α-hetero) is 1. The standard InChI is InChI=1S/C14H20O2/c1-14(2,3)12-7-9(15)8-13(16)11-6-4-5-10(11)12/h7,10-11H,4-6,8H2,1-3H3/t10-,11+/m0/s1. The van der Waals surface area contributed by atoms with Crippen molar-refractivity contribution < 1.29 is 9.59 Å². The van der Waals surface area contributed by atoms with Gasteiger partial charge in [0.25, 0.3) is 0 Å². The lowest BCUT2D eigenvalue weighted by Crippen LogP contribution is -2.24. The minimum absolute atomic E-state index is 0.00400. The molecule has 2 aliphatic carbocycles. The Labute approximate surface area is 97.1 Å². The molecular weight excluding hydrogens is 200 g/mol. The summed E-state index contributed by atoms with van der Waals surface area (Å²) in [6.07, 6.45) is 5.06. The van der Waals surface area contributed by atoms with Crippen molar-refractivity contribution in [2.45, 2.75) is 46.5 Å². The summed E-state index contributed by atoms with van der Waals surface area (Å²) < 4.78 is 0. The van der Waals surface area contributed by atoms with E-state index < -0.39 is 0 Å². The molecule has 0 spiro atoms. The van der Waals surface area contributed by atoms with E-state index in [0.717, 1.165) is 19.3 Å². The van der Waals surface area contributed by atoms with Gasteiger partial charge in [0.1, 0.15) is 5.78 Å². The number of allylic oxidation sites excluding steroid dienone is 2. The third-order valence-electron chi connectivity index (χ3n) is 3.86. The van der Waals surface area contributed by atoms with Gasteiger partial charge in [0.2, 0.25) is 0 Å². The highest BCUT2D eigenvalue weighted by atomic mass is 16.1. The van der Waals surface area contributed by atoms with E-state index in [1.807, 2.05) is 0 Å². The molecule has 0 radical (unpaired) electrons. The molecule has 2 rings (SSSR count). The molecule has 2 nitrogen and oxygen atoms in total. The minimum Gasteiger partial charge on any atom is -0.299 e. The van der Waals surface area contributed by atoms with Crippen LogP contribution in [0.1, 0.15) is 46.5 Å².